The third kappa shape index (κ3) is 4.00. The molecule has 0 aromatic heterocycles. The van der Waals surface area contributed by atoms with Crippen molar-refractivity contribution in [3.05, 3.63) is 17.7 Å². The Morgan fingerprint density at radius 1 is 1.15 bits per heavy atom. The van der Waals surface area contributed by atoms with Crippen LogP contribution in [0.15, 0.2) is 12.1 Å². The van der Waals surface area contributed by atoms with Gasteiger partial charge in [0, 0.05) is 25.3 Å². The minimum absolute atomic E-state index is 0.114. The van der Waals surface area contributed by atoms with E-state index in [-0.39, 0.29) is 12.6 Å². The number of hydrogen-bond donors (Lipinski definition) is 3. The van der Waals surface area contributed by atoms with Crippen LogP contribution in [0, 0.1) is 0 Å². The highest BCUT2D eigenvalue weighted by Gasteiger charge is 2.21. The molecule has 0 amide bonds. The van der Waals surface area contributed by atoms with Crippen LogP contribution in [0.3, 0.4) is 0 Å². The van der Waals surface area contributed by atoms with Crippen molar-refractivity contribution in [3.63, 3.8) is 0 Å². The molecule has 1 aromatic carbocycles. The summed E-state index contributed by atoms with van der Waals surface area (Å²) in [4.78, 5) is 0. The minimum Gasteiger partial charge on any atom is -0.496 e. The first-order valence-electron chi connectivity index (χ1n) is 6.56. The largest absolute Gasteiger partial charge is 0.496 e. The summed E-state index contributed by atoms with van der Waals surface area (Å²) in [5, 5.41) is 12.1. The fourth-order valence-electron chi connectivity index (χ4n) is 2.03. The van der Waals surface area contributed by atoms with Crippen LogP contribution < -0.4 is 25.3 Å². The van der Waals surface area contributed by atoms with Gasteiger partial charge in [0.2, 0.25) is 0 Å². The summed E-state index contributed by atoms with van der Waals surface area (Å²) in [5.74, 6) is 1.98. The van der Waals surface area contributed by atoms with E-state index in [0.717, 1.165) is 5.56 Å². The van der Waals surface area contributed by atoms with Gasteiger partial charge in [-0.15, -0.1) is 0 Å². The maximum Gasteiger partial charge on any atom is 0.131 e. The lowest BCUT2D eigenvalue weighted by Crippen LogP contribution is -2.30. The van der Waals surface area contributed by atoms with E-state index >= 15 is 0 Å². The van der Waals surface area contributed by atoms with Gasteiger partial charge in [0.25, 0.3) is 0 Å². The Bertz CT molecular complexity index is 387. The molecule has 0 aliphatic rings. The fraction of sp³-hybridized carbons (Fsp3) is 0.571. The molecular formula is C14H24N2O4. The average Bonchev–Trinajstić information content (AvgIpc) is 2.50. The average molecular weight is 284 g/mol. The van der Waals surface area contributed by atoms with E-state index in [1.165, 1.54) is 0 Å². The molecule has 1 unspecified atom stereocenters. The zero-order valence-electron chi connectivity index (χ0n) is 12.3. The van der Waals surface area contributed by atoms with Crippen molar-refractivity contribution in [2.45, 2.75) is 12.5 Å². The van der Waals surface area contributed by atoms with E-state index < -0.39 is 0 Å². The van der Waals surface area contributed by atoms with Crippen LogP contribution in [0.4, 0.5) is 0 Å². The first-order valence-corrected chi connectivity index (χ1v) is 6.56. The highest BCUT2D eigenvalue weighted by Crippen LogP contribution is 2.37. The molecule has 0 fully saturated rings. The van der Waals surface area contributed by atoms with E-state index in [0.29, 0.717) is 36.8 Å². The smallest absolute Gasteiger partial charge is 0.131 e. The lowest BCUT2D eigenvalue weighted by Gasteiger charge is -2.23. The predicted molar refractivity (Wildman–Crippen MR) is 77.6 cm³/mol. The molecule has 0 aliphatic carbocycles. The van der Waals surface area contributed by atoms with Crippen molar-refractivity contribution in [3.8, 4) is 17.2 Å². The van der Waals surface area contributed by atoms with Gasteiger partial charge >= 0.3 is 0 Å². The second kappa shape index (κ2) is 8.63. The Morgan fingerprint density at radius 3 is 2.15 bits per heavy atom. The Labute approximate surface area is 119 Å². The van der Waals surface area contributed by atoms with Crippen molar-refractivity contribution in [2.24, 2.45) is 5.73 Å². The highest BCUT2D eigenvalue weighted by atomic mass is 16.5. The number of aliphatic hydroxyl groups is 1. The maximum absolute atomic E-state index is 8.86. The minimum atomic E-state index is -0.114. The van der Waals surface area contributed by atoms with Crippen LogP contribution in [0.25, 0.3) is 0 Å². The first-order chi connectivity index (χ1) is 9.71. The van der Waals surface area contributed by atoms with Crippen LogP contribution in [-0.2, 0) is 0 Å². The molecule has 114 valence electrons. The number of methoxy groups -OCH3 is 3. The van der Waals surface area contributed by atoms with E-state index in [2.05, 4.69) is 5.32 Å². The standard InChI is InChI=1S/C14H24N2O4/c1-18-10-7-12(19-2)14(13(8-10)20-3)11(9-15)16-5-4-6-17/h7-8,11,16-17H,4-6,9,15H2,1-3H3. The van der Waals surface area contributed by atoms with Crippen LogP contribution in [0.1, 0.15) is 18.0 Å². The Balaban J connectivity index is 3.10. The molecule has 1 rings (SSSR count). The Kier molecular flexibility index (Phi) is 7.14. The molecule has 4 N–H and O–H groups in total. The monoisotopic (exact) mass is 284 g/mol. The molecule has 20 heavy (non-hydrogen) atoms. The van der Waals surface area contributed by atoms with Crippen LogP contribution >= 0.6 is 0 Å². The first kappa shape index (κ1) is 16.6. The highest BCUT2D eigenvalue weighted by molar-refractivity contribution is 5.52. The summed E-state index contributed by atoms with van der Waals surface area (Å²) in [6.07, 6.45) is 0.664. The van der Waals surface area contributed by atoms with Crippen LogP contribution in [-0.4, -0.2) is 46.1 Å². The SMILES string of the molecule is COc1cc(OC)c(C(CN)NCCCO)c(OC)c1. The molecule has 6 heteroatoms. The lowest BCUT2D eigenvalue weighted by atomic mass is 10.0. The quantitative estimate of drug-likeness (QED) is 0.578. The molecule has 0 aliphatic heterocycles. The van der Waals surface area contributed by atoms with Crippen LogP contribution in [0.5, 0.6) is 17.2 Å². The topological polar surface area (TPSA) is 86.0 Å². The maximum atomic E-state index is 8.86. The molecule has 0 spiro atoms. The summed E-state index contributed by atoms with van der Waals surface area (Å²) in [6.45, 7) is 1.20. The van der Waals surface area contributed by atoms with Crippen LogP contribution in [0.2, 0.25) is 0 Å². The summed E-state index contributed by atoms with van der Waals surface area (Å²) in [7, 11) is 4.78. The van der Waals surface area contributed by atoms with Crippen molar-refractivity contribution >= 4 is 0 Å². The molecule has 6 nitrogen and oxygen atoms in total. The molecule has 0 saturated heterocycles. The van der Waals surface area contributed by atoms with Gasteiger partial charge in [0.1, 0.15) is 17.2 Å². The lowest BCUT2D eigenvalue weighted by molar-refractivity contribution is 0.282. The third-order valence-corrected chi connectivity index (χ3v) is 3.06. The number of benzene rings is 1. The van der Waals surface area contributed by atoms with Gasteiger partial charge in [-0.2, -0.15) is 0 Å². The molecule has 0 saturated carbocycles. The van der Waals surface area contributed by atoms with E-state index in [4.69, 9.17) is 25.1 Å². The Morgan fingerprint density at radius 2 is 1.75 bits per heavy atom. The number of nitrogens with two attached hydrogens (primary N) is 1. The molecule has 0 bridgehead atoms. The van der Waals surface area contributed by atoms with Gasteiger partial charge in [-0.1, -0.05) is 0 Å². The second-order valence-electron chi connectivity index (χ2n) is 4.27. The number of rotatable bonds is 9. The number of aliphatic hydroxyl groups excluding tert-OH is 1. The zero-order valence-corrected chi connectivity index (χ0v) is 12.3. The van der Waals surface area contributed by atoms with Crippen molar-refractivity contribution in [2.75, 3.05) is 41.0 Å². The molecular weight excluding hydrogens is 260 g/mol. The molecule has 0 radical (unpaired) electrons. The predicted octanol–water partition coefficient (Wildman–Crippen LogP) is 0.684. The van der Waals surface area contributed by atoms with Crippen molar-refractivity contribution in [1.29, 1.82) is 0 Å². The number of hydrogen-bond acceptors (Lipinski definition) is 6. The normalized spacial score (nSPS) is 12.1. The Hall–Kier alpha value is -1.50. The second-order valence-corrected chi connectivity index (χ2v) is 4.27. The van der Waals surface area contributed by atoms with Crippen molar-refractivity contribution < 1.29 is 19.3 Å². The zero-order chi connectivity index (χ0) is 15.0. The summed E-state index contributed by atoms with van der Waals surface area (Å²) >= 11 is 0. The van der Waals surface area contributed by atoms with Gasteiger partial charge in [-0.25, -0.2) is 0 Å². The summed E-state index contributed by atoms with van der Waals surface area (Å²) in [5.41, 5.74) is 6.70. The van der Waals surface area contributed by atoms with Gasteiger partial charge in [0.05, 0.1) is 32.9 Å². The van der Waals surface area contributed by atoms with Gasteiger partial charge in [0.15, 0.2) is 0 Å². The van der Waals surface area contributed by atoms with E-state index in [9.17, 15) is 0 Å². The van der Waals surface area contributed by atoms with E-state index in [1.54, 1.807) is 33.5 Å². The molecule has 0 heterocycles. The number of ether oxygens (including phenoxy) is 3. The van der Waals surface area contributed by atoms with Gasteiger partial charge < -0.3 is 30.4 Å². The molecule has 1 aromatic rings. The fourth-order valence-corrected chi connectivity index (χ4v) is 2.03. The number of nitrogens with one attached hydrogen (secondary N) is 1. The third-order valence-electron chi connectivity index (χ3n) is 3.06. The van der Waals surface area contributed by atoms with Crippen molar-refractivity contribution in [1.82, 2.24) is 5.32 Å². The molecule has 1 atom stereocenters. The van der Waals surface area contributed by atoms with E-state index in [1.807, 2.05) is 0 Å². The van der Waals surface area contributed by atoms with Gasteiger partial charge in [-0.05, 0) is 13.0 Å². The van der Waals surface area contributed by atoms with Gasteiger partial charge in [-0.3, -0.25) is 0 Å². The summed E-state index contributed by atoms with van der Waals surface area (Å²) < 4.78 is 16.1. The summed E-state index contributed by atoms with van der Waals surface area (Å²) in [6, 6.07) is 3.49.